The molecule has 4 amide bonds. The number of carbonyl (C=O) groups is 3. The van der Waals surface area contributed by atoms with Gasteiger partial charge in [-0.15, -0.1) is 0 Å². The standard InChI is InChI=1S/C25H21F3N4O5S/c1-30-23(34)32-22(17-10-9-14(13-29)11-20(17)38(2,36)37)21-18(7-4-8-19(21)33)31(24(32)35)16-6-3-5-15(12-16)25(26,27)28/h3,5-6,9-12,22H,4,7-8H2,1-2H3,(H,30,34). The fourth-order valence-corrected chi connectivity index (χ4v) is 5.66. The fourth-order valence-electron chi connectivity index (χ4n) is 4.71. The number of urea groups is 2. The van der Waals surface area contributed by atoms with Gasteiger partial charge in [-0.05, 0) is 48.7 Å². The van der Waals surface area contributed by atoms with Crippen LogP contribution < -0.4 is 10.2 Å². The maximum Gasteiger partial charge on any atom is 0.416 e. The van der Waals surface area contributed by atoms with Gasteiger partial charge < -0.3 is 5.32 Å². The van der Waals surface area contributed by atoms with E-state index < -0.39 is 45.5 Å². The van der Waals surface area contributed by atoms with Gasteiger partial charge in [-0.3, -0.25) is 9.69 Å². The predicted molar refractivity (Wildman–Crippen MR) is 129 cm³/mol. The van der Waals surface area contributed by atoms with Crippen molar-refractivity contribution in [1.29, 1.82) is 5.26 Å². The van der Waals surface area contributed by atoms with Crippen LogP contribution in [0.1, 0.15) is 42.0 Å². The second-order valence-corrected chi connectivity index (χ2v) is 10.8. The number of imide groups is 1. The number of rotatable bonds is 3. The van der Waals surface area contributed by atoms with Crippen LogP contribution in [0.25, 0.3) is 0 Å². The number of hydrogen-bond donors (Lipinski definition) is 1. The first-order valence-corrected chi connectivity index (χ1v) is 13.2. The van der Waals surface area contributed by atoms with E-state index in [-0.39, 0.29) is 45.8 Å². The first-order chi connectivity index (χ1) is 17.8. The average molecular weight is 547 g/mol. The minimum atomic E-state index is -4.72. The average Bonchev–Trinajstić information content (AvgIpc) is 2.86. The fraction of sp³-hybridized carbons (Fsp3) is 0.280. The third kappa shape index (κ3) is 4.63. The van der Waals surface area contributed by atoms with Gasteiger partial charge in [0, 0.05) is 31.0 Å². The largest absolute Gasteiger partial charge is 0.416 e. The molecule has 1 N–H and O–H groups in total. The van der Waals surface area contributed by atoms with Crippen LogP contribution in [0.15, 0.2) is 58.6 Å². The monoisotopic (exact) mass is 546 g/mol. The summed E-state index contributed by atoms with van der Waals surface area (Å²) in [5.74, 6) is -0.488. The number of alkyl halides is 3. The Labute approximate surface area is 216 Å². The highest BCUT2D eigenvalue weighted by Gasteiger charge is 2.48. The quantitative estimate of drug-likeness (QED) is 0.611. The highest BCUT2D eigenvalue weighted by atomic mass is 32.2. The molecule has 1 unspecified atom stereocenters. The molecule has 0 saturated carbocycles. The van der Waals surface area contributed by atoms with E-state index in [0.717, 1.165) is 35.4 Å². The summed E-state index contributed by atoms with van der Waals surface area (Å²) < 4.78 is 65.8. The van der Waals surface area contributed by atoms with Crippen molar-refractivity contribution >= 4 is 33.4 Å². The van der Waals surface area contributed by atoms with Crippen molar-refractivity contribution in [2.24, 2.45) is 0 Å². The van der Waals surface area contributed by atoms with E-state index >= 15 is 0 Å². The van der Waals surface area contributed by atoms with Gasteiger partial charge in [0.15, 0.2) is 15.6 Å². The Hall–Kier alpha value is -4.18. The van der Waals surface area contributed by atoms with Crippen molar-refractivity contribution < 1.29 is 36.0 Å². The van der Waals surface area contributed by atoms with Crippen LogP contribution in [0.4, 0.5) is 28.4 Å². The number of anilines is 1. The molecule has 0 spiro atoms. The zero-order valence-corrected chi connectivity index (χ0v) is 21.0. The molecule has 9 nitrogen and oxygen atoms in total. The summed E-state index contributed by atoms with van der Waals surface area (Å²) >= 11 is 0. The molecular weight excluding hydrogens is 525 g/mol. The van der Waals surface area contributed by atoms with Gasteiger partial charge in [0.1, 0.15) is 6.04 Å². The van der Waals surface area contributed by atoms with Crippen molar-refractivity contribution in [2.75, 3.05) is 18.2 Å². The summed E-state index contributed by atoms with van der Waals surface area (Å²) in [7, 11) is -2.81. The lowest BCUT2D eigenvalue weighted by atomic mass is 9.83. The zero-order valence-electron chi connectivity index (χ0n) is 20.2. The van der Waals surface area contributed by atoms with E-state index in [2.05, 4.69) is 5.32 Å². The van der Waals surface area contributed by atoms with Crippen LogP contribution in [0.2, 0.25) is 0 Å². The molecule has 1 heterocycles. The zero-order chi connectivity index (χ0) is 28.0. The van der Waals surface area contributed by atoms with Crippen LogP contribution in [-0.4, -0.2) is 44.5 Å². The number of benzene rings is 2. The van der Waals surface area contributed by atoms with Crippen molar-refractivity contribution in [3.8, 4) is 6.07 Å². The first-order valence-electron chi connectivity index (χ1n) is 11.3. The number of nitrogens with one attached hydrogen (secondary N) is 1. The molecule has 2 aliphatic rings. The van der Waals surface area contributed by atoms with Gasteiger partial charge in [-0.2, -0.15) is 18.4 Å². The predicted octanol–water partition coefficient (Wildman–Crippen LogP) is 4.31. The SMILES string of the molecule is CNC(=O)N1C(=O)N(c2cccc(C(F)(F)F)c2)C2=C(C(=O)CCC2)C1c1ccc(C#N)cc1S(C)(=O)=O. The van der Waals surface area contributed by atoms with E-state index in [1.165, 1.54) is 25.2 Å². The summed E-state index contributed by atoms with van der Waals surface area (Å²) in [5, 5.41) is 11.6. The van der Waals surface area contributed by atoms with E-state index in [9.17, 15) is 41.2 Å². The minimum Gasteiger partial charge on any atom is -0.341 e. The number of hydrogen-bond acceptors (Lipinski definition) is 6. The van der Waals surface area contributed by atoms with E-state index in [1.54, 1.807) is 0 Å². The highest BCUT2D eigenvalue weighted by molar-refractivity contribution is 7.90. The lowest BCUT2D eigenvalue weighted by Gasteiger charge is -2.44. The van der Waals surface area contributed by atoms with Gasteiger partial charge in [-0.25, -0.2) is 22.9 Å². The molecule has 0 bridgehead atoms. The van der Waals surface area contributed by atoms with E-state index in [4.69, 9.17) is 0 Å². The molecule has 1 aliphatic carbocycles. The smallest absolute Gasteiger partial charge is 0.341 e. The summed E-state index contributed by atoms with van der Waals surface area (Å²) in [6.07, 6.45) is -3.41. The molecule has 4 rings (SSSR count). The Bertz CT molecular complexity index is 1540. The van der Waals surface area contributed by atoms with Crippen LogP contribution in [0.3, 0.4) is 0 Å². The van der Waals surface area contributed by atoms with Gasteiger partial charge in [0.25, 0.3) is 0 Å². The van der Waals surface area contributed by atoms with Crippen molar-refractivity contribution in [3.63, 3.8) is 0 Å². The van der Waals surface area contributed by atoms with Crippen LogP contribution in [0, 0.1) is 11.3 Å². The van der Waals surface area contributed by atoms with Gasteiger partial charge in [0.2, 0.25) is 0 Å². The Morgan fingerprint density at radius 3 is 2.45 bits per heavy atom. The van der Waals surface area contributed by atoms with Gasteiger partial charge in [0.05, 0.1) is 27.8 Å². The third-order valence-electron chi connectivity index (χ3n) is 6.33. The lowest BCUT2D eigenvalue weighted by Crippen LogP contribution is -2.56. The van der Waals surface area contributed by atoms with Crippen LogP contribution in [0.5, 0.6) is 0 Å². The number of ketones is 1. The normalized spacial score (nSPS) is 18.3. The summed E-state index contributed by atoms with van der Waals surface area (Å²) in [5.41, 5.74) is -1.33. The number of amides is 4. The summed E-state index contributed by atoms with van der Waals surface area (Å²) in [6, 6.07) is 5.83. The molecule has 0 aromatic heterocycles. The Kier molecular flexibility index (Phi) is 6.79. The number of nitrogens with zero attached hydrogens (tertiary/aromatic N) is 3. The molecule has 1 aliphatic heterocycles. The van der Waals surface area contributed by atoms with E-state index in [1.807, 2.05) is 6.07 Å². The molecule has 38 heavy (non-hydrogen) atoms. The lowest BCUT2D eigenvalue weighted by molar-refractivity contribution is -0.137. The van der Waals surface area contributed by atoms with Crippen LogP contribution in [-0.2, 0) is 20.8 Å². The van der Waals surface area contributed by atoms with Gasteiger partial charge >= 0.3 is 18.2 Å². The second-order valence-electron chi connectivity index (χ2n) is 8.77. The number of halogens is 3. The Balaban J connectivity index is 2.06. The Morgan fingerprint density at radius 2 is 1.84 bits per heavy atom. The number of Topliss-reactive ketones (excluding diaryl/α,β-unsaturated/α-hetero) is 1. The van der Waals surface area contributed by atoms with Crippen molar-refractivity contribution in [3.05, 3.63) is 70.4 Å². The first kappa shape index (κ1) is 26.9. The summed E-state index contributed by atoms with van der Waals surface area (Å²) in [6.45, 7) is 0. The number of allylic oxidation sites excluding steroid dienone is 1. The van der Waals surface area contributed by atoms with E-state index in [0.29, 0.717) is 11.3 Å². The molecule has 0 fully saturated rings. The molecule has 13 heteroatoms. The number of sulfone groups is 1. The van der Waals surface area contributed by atoms with Crippen LogP contribution >= 0.6 is 0 Å². The molecular formula is C25H21F3N4O5S. The van der Waals surface area contributed by atoms with Crippen molar-refractivity contribution in [2.45, 2.75) is 36.4 Å². The number of nitriles is 1. The maximum atomic E-state index is 13.9. The topological polar surface area (TPSA) is 128 Å². The molecule has 1 atom stereocenters. The molecule has 198 valence electrons. The summed E-state index contributed by atoms with van der Waals surface area (Å²) in [4.78, 5) is 41.4. The third-order valence-corrected chi connectivity index (χ3v) is 7.48. The van der Waals surface area contributed by atoms with Crippen molar-refractivity contribution in [1.82, 2.24) is 10.2 Å². The minimum absolute atomic E-state index is 0.00225. The second kappa shape index (κ2) is 9.60. The molecule has 2 aromatic carbocycles. The molecule has 0 radical (unpaired) electrons. The maximum absolute atomic E-state index is 13.9. The number of carbonyl (C=O) groups excluding carboxylic acids is 3. The highest BCUT2D eigenvalue weighted by Crippen LogP contribution is 2.46. The molecule has 2 aromatic rings. The Morgan fingerprint density at radius 1 is 1.13 bits per heavy atom. The molecule has 0 saturated heterocycles. The van der Waals surface area contributed by atoms with Gasteiger partial charge in [-0.1, -0.05) is 12.1 Å².